The van der Waals surface area contributed by atoms with Gasteiger partial charge >= 0.3 is 0 Å². The smallest absolute Gasteiger partial charge is 0.261 e. The Morgan fingerprint density at radius 3 is 2.10 bits per heavy atom. The van der Waals surface area contributed by atoms with Gasteiger partial charge in [-0.25, -0.2) is 8.42 Å². The summed E-state index contributed by atoms with van der Waals surface area (Å²) in [6.45, 7) is 6.00. The molecule has 1 aromatic rings. The van der Waals surface area contributed by atoms with Crippen LogP contribution in [0.5, 0.6) is 0 Å². The highest BCUT2D eigenvalue weighted by molar-refractivity contribution is 8.13. The third-order valence-electron chi connectivity index (χ3n) is 3.82. The van der Waals surface area contributed by atoms with Crippen molar-refractivity contribution in [2.45, 2.75) is 50.5 Å². The van der Waals surface area contributed by atoms with Crippen molar-refractivity contribution in [1.82, 2.24) is 5.32 Å². The van der Waals surface area contributed by atoms with Gasteiger partial charge in [0.05, 0.1) is 4.90 Å². The zero-order valence-corrected chi connectivity index (χ0v) is 14.6. The molecule has 0 unspecified atom stereocenters. The monoisotopic (exact) mass is 351 g/mol. The Morgan fingerprint density at radius 1 is 1.14 bits per heavy atom. The summed E-state index contributed by atoms with van der Waals surface area (Å²) in [5.41, 5.74) is -0.124. The molecule has 1 amide bonds. The molecule has 118 valence electrons. The average molecular weight is 352 g/mol. The van der Waals surface area contributed by atoms with E-state index in [0.29, 0.717) is 0 Å². The second kappa shape index (κ2) is 6.99. The molecule has 0 radical (unpaired) electrons. The Kier molecular flexibility index (Phi) is 6.08. The maximum atomic E-state index is 12.4. The van der Waals surface area contributed by atoms with Gasteiger partial charge in [0.1, 0.15) is 0 Å². The van der Waals surface area contributed by atoms with Crippen molar-refractivity contribution >= 4 is 37.2 Å². The lowest BCUT2D eigenvalue weighted by molar-refractivity contribution is 0.0888. The van der Waals surface area contributed by atoms with Gasteiger partial charge in [-0.3, -0.25) is 4.79 Å². The summed E-state index contributed by atoms with van der Waals surface area (Å²) in [6.07, 6.45) is 2.35. The minimum atomic E-state index is -3.93. The number of nitrogens with one attached hydrogen (secondary N) is 1. The average Bonchev–Trinajstić information content (AvgIpc) is 2.43. The van der Waals surface area contributed by atoms with Crippen LogP contribution in [0.15, 0.2) is 23.1 Å². The van der Waals surface area contributed by atoms with Gasteiger partial charge in [0.2, 0.25) is 0 Å². The third-order valence-corrected chi connectivity index (χ3v) is 5.38. The molecule has 0 aliphatic heterocycles. The van der Waals surface area contributed by atoms with Gasteiger partial charge in [-0.1, -0.05) is 32.4 Å². The van der Waals surface area contributed by atoms with Crippen LogP contribution in [0.3, 0.4) is 0 Å². The summed E-state index contributed by atoms with van der Waals surface area (Å²) in [4.78, 5) is 12.2. The summed E-state index contributed by atoms with van der Waals surface area (Å²) in [6, 6.07) is 3.87. The fraction of sp³-hybridized carbons (Fsp3) is 0.500. The zero-order valence-electron chi connectivity index (χ0n) is 12.2. The van der Waals surface area contributed by atoms with Gasteiger partial charge in [0.15, 0.2) is 0 Å². The second-order valence-corrected chi connectivity index (χ2v) is 7.91. The topological polar surface area (TPSA) is 63.2 Å². The predicted octanol–water partition coefficient (Wildman–Crippen LogP) is 3.97. The number of hydrogen-bond acceptors (Lipinski definition) is 3. The van der Waals surface area contributed by atoms with Gasteiger partial charge in [0, 0.05) is 26.8 Å². The quantitative estimate of drug-likeness (QED) is 0.788. The lowest BCUT2D eigenvalue weighted by Gasteiger charge is -2.31. The highest BCUT2D eigenvalue weighted by atomic mass is 35.7. The molecule has 0 bridgehead atoms. The van der Waals surface area contributed by atoms with Crippen molar-refractivity contribution in [2.24, 2.45) is 0 Å². The molecule has 7 heteroatoms. The van der Waals surface area contributed by atoms with Crippen molar-refractivity contribution < 1.29 is 13.2 Å². The first-order chi connectivity index (χ1) is 9.67. The van der Waals surface area contributed by atoms with Crippen LogP contribution in [0, 0.1) is 0 Å². The molecule has 0 aliphatic carbocycles. The standard InChI is InChI=1S/C14H19Cl2NO3S/c1-4-14(5-2,6-3)17-13(18)10-7-11(15)9-12(8-10)21(16,19)20/h7-9H,4-6H2,1-3H3,(H,17,18). The molecule has 0 saturated heterocycles. The molecule has 1 aromatic carbocycles. The van der Waals surface area contributed by atoms with Gasteiger partial charge < -0.3 is 5.32 Å². The Labute approximate surface area is 135 Å². The molecule has 0 spiro atoms. The molecular weight excluding hydrogens is 333 g/mol. The van der Waals surface area contributed by atoms with Gasteiger partial charge in [-0.2, -0.15) is 0 Å². The van der Waals surface area contributed by atoms with E-state index >= 15 is 0 Å². The van der Waals surface area contributed by atoms with Crippen LogP contribution in [-0.4, -0.2) is 19.9 Å². The fourth-order valence-corrected chi connectivity index (χ4v) is 3.27. The van der Waals surface area contributed by atoms with Gasteiger partial charge in [-0.15, -0.1) is 0 Å². The molecule has 0 saturated carbocycles. The maximum absolute atomic E-state index is 12.4. The normalized spacial score (nSPS) is 12.2. The molecule has 0 atom stereocenters. The minimum absolute atomic E-state index is 0.150. The Hall–Kier alpha value is -0.780. The minimum Gasteiger partial charge on any atom is -0.347 e. The van der Waals surface area contributed by atoms with Crippen LogP contribution in [0.25, 0.3) is 0 Å². The fourth-order valence-electron chi connectivity index (χ4n) is 2.16. The van der Waals surface area contributed by atoms with E-state index in [9.17, 15) is 13.2 Å². The van der Waals surface area contributed by atoms with Crippen molar-refractivity contribution in [3.05, 3.63) is 28.8 Å². The van der Waals surface area contributed by atoms with Crippen LogP contribution < -0.4 is 5.32 Å². The number of carbonyl (C=O) groups is 1. The number of carbonyl (C=O) groups excluding carboxylic acids is 1. The van der Waals surface area contributed by atoms with E-state index in [1.807, 2.05) is 20.8 Å². The molecule has 0 heterocycles. The van der Waals surface area contributed by atoms with E-state index in [-0.39, 0.29) is 26.9 Å². The molecule has 21 heavy (non-hydrogen) atoms. The first kappa shape index (κ1) is 18.3. The SMILES string of the molecule is CCC(CC)(CC)NC(=O)c1cc(Cl)cc(S(=O)(=O)Cl)c1. The Balaban J connectivity index is 3.17. The van der Waals surface area contributed by atoms with Gasteiger partial charge in [0.25, 0.3) is 15.0 Å². The third kappa shape index (κ3) is 4.59. The highest BCUT2D eigenvalue weighted by Gasteiger charge is 2.27. The van der Waals surface area contributed by atoms with E-state index in [2.05, 4.69) is 5.32 Å². The summed E-state index contributed by atoms with van der Waals surface area (Å²) >= 11 is 5.87. The number of hydrogen-bond donors (Lipinski definition) is 1. The van der Waals surface area contributed by atoms with Crippen molar-refractivity contribution in [2.75, 3.05) is 0 Å². The van der Waals surface area contributed by atoms with E-state index in [1.165, 1.54) is 18.2 Å². The van der Waals surface area contributed by atoms with Crippen molar-refractivity contribution in [3.63, 3.8) is 0 Å². The molecule has 0 aliphatic rings. The van der Waals surface area contributed by atoms with E-state index in [0.717, 1.165) is 19.3 Å². The number of benzene rings is 1. The molecule has 1 N–H and O–H groups in total. The van der Waals surface area contributed by atoms with Crippen LogP contribution in [0.4, 0.5) is 0 Å². The first-order valence-electron chi connectivity index (χ1n) is 6.75. The first-order valence-corrected chi connectivity index (χ1v) is 9.44. The lowest BCUT2D eigenvalue weighted by atomic mass is 9.89. The van der Waals surface area contributed by atoms with Crippen LogP contribution in [-0.2, 0) is 9.05 Å². The molecule has 0 aromatic heterocycles. The summed E-state index contributed by atoms with van der Waals surface area (Å²) in [7, 11) is 1.37. The Bertz CT molecular complexity index is 617. The van der Waals surface area contributed by atoms with Crippen LogP contribution in [0.2, 0.25) is 5.02 Å². The zero-order chi connectivity index (χ0) is 16.3. The number of amides is 1. The highest BCUT2D eigenvalue weighted by Crippen LogP contribution is 2.24. The lowest BCUT2D eigenvalue weighted by Crippen LogP contribution is -2.47. The van der Waals surface area contributed by atoms with Crippen molar-refractivity contribution in [1.29, 1.82) is 0 Å². The molecule has 0 fully saturated rings. The maximum Gasteiger partial charge on any atom is 0.261 e. The summed E-state index contributed by atoms with van der Waals surface area (Å²) < 4.78 is 22.8. The molecule has 1 rings (SSSR count). The van der Waals surface area contributed by atoms with Crippen LogP contribution in [0.1, 0.15) is 50.4 Å². The van der Waals surface area contributed by atoms with Gasteiger partial charge in [-0.05, 0) is 37.5 Å². The molecule has 4 nitrogen and oxygen atoms in total. The number of halogens is 2. The largest absolute Gasteiger partial charge is 0.347 e. The predicted molar refractivity (Wildman–Crippen MR) is 85.6 cm³/mol. The molecular formula is C14H19Cl2NO3S. The van der Waals surface area contributed by atoms with Crippen molar-refractivity contribution in [3.8, 4) is 0 Å². The second-order valence-electron chi connectivity index (χ2n) is 4.91. The van der Waals surface area contributed by atoms with E-state index < -0.39 is 9.05 Å². The Morgan fingerprint density at radius 2 is 1.67 bits per heavy atom. The van der Waals surface area contributed by atoms with E-state index in [4.69, 9.17) is 22.3 Å². The van der Waals surface area contributed by atoms with Crippen LogP contribution >= 0.6 is 22.3 Å². The summed E-state index contributed by atoms with van der Waals surface area (Å²) in [5.74, 6) is -0.357. The van der Waals surface area contributed by atoms with E-state index in [1.54, 1.807) is 0 Å². The summed E-state index contributed by atoms with van der Waals surface area (Å²) in [5, 5.41) is 3.12. The number of rotatable bonds is 6.